The van der Waals surface area contributed by atoms with Crippen molar-refractivity contribution in [1.82, 2.24) is 15.2 Å². The number of aryl methyl sites for hydroxylation is 2. The van der Waals surface area contributed by atoms with Gasteiger partial charge in [0.05, 0.1) is 12.7 Å². The van der Waals surface area contributed by atoms with Gasteiger partial charge in [0.1, 0.15) is 5.76 Å². The molecule has 0 aromatic carbocycles. The fourth-order valence-electron chi connectivity index (χ4n) is 1.14. The Bertz CT molecular complexity index is 454. The number of hydrogen-bond donors (Lipinski definition) is 1. The predicted octanol–water partition coefficient (Wildman–Crippen LogP) is 1.76. The highest BCUT2D eigenvalue weighted by molar-refractivity contribution is 6.17. The lowest BCUT2D eigenvalue weighted by atomic mass is 10.5. The van der Waals surface area contributed by atoms with Gasteiger partial charge in [0.25, 0.3) is 0 Å². The molecule has 0 radical (unpaired) electrons. The zero-order valence-corrected chi connectivity index (χ0v) is 9.49. The summed E-state index contributed by atoms with van der Waals surface area (Å²) in [5, 5.41) is 10.5. The van der Waals surface area contributed by atoms with Gasteiger partial charge in [-0.1, -0.05) is 5.10 Å². The first kappa shape index (κ1) is 10.9. The number of halogens is 1. The molecule has 0 spiro atoms. The summed E-state index contributed by atoms with van der Waals surface area (Å²) in [4.78, 5) is 4.03. The predicted molar refractivity (Wildman–Crippen MR) is 57.3 cm³/mol. The minimum Gasteiger partial charge on any atom is -0.444 e. The first-order valence-electron chi connectivity index (χ1n) is 4.81. The Hall–Kier alpha value is -1.56. The molecular formula is C9H11ClN4O2. The average Bonchev–Trinajstić information content (AvgIpc) is 2.85. The summed E-state index contributed by atoms with van der Waals surface area (Å²) in [6.45, 7) is 2.25. The van der Waals surface area contributed by atoms with Crippen molar-refractivity contribution in [2.24, 2.45) is 0 Å². The van der Waals surface area contributed by atoms with E-state index in [-0.39, 0.29) is 0 Å². The molecule has 0 saturated carbocycles. The highest BCUT2D eigenvalue weighted by Crippen LogP contribution is 2.09. The van der Waals surface area contributed by atoms with Gasteiger partial charge in [-0.05, 0) is 6.92 Å². The maximum atomic E-state index is 5.55. The Kier molecular flexibility index (Phi) is 3.40. The molecule has 2 heterocycles. The van der Waals surface area contributed by atoms with E-state index in [4.69, 9.17) is 20.4 Å². The molecule has 1 N–H and O–H groups in total. The molecule has 2 rings (SSSR count). The van der Waals surface area contributed by atoms with E-state index in [1.165, 1.54) is 0 Å². The third-order valence-corrected chi connectivity index (χ3v) is 2.02. The second-order valence-electron chi connectivity index (χ2n) is 3.16. The normalized spacial score (nSPS) is 10.6. The van der Waals surface area contributed by atoms with Crippen LogP contribution in [0.4, 0.5) is 6.01 Å². The number of hydrogen-bond acceptors (Lipinski definition) is 6. The van der Waals surface area contributed by atoms with E-state index in [0.29, 0.717) is 36.6 Å². The third-order valence-electron chi connectivity index (χ3n) is 1.84. The molecule has 0 aliphatic rings. The zero-order chi connectivity index (χ0) is 11.4. The molecule has 86 valence electrons. The highest BCUT2D eigenvalue weighted by Gasteiger charge is 2.06. The van der Waals surface area contributed by atoms with Crippen molar-refractivity contribution in [3.8, 4) is 0 Å². The molecule has 6 nitrogen and oxygen atoms in total. The fourth-order valence-corrected chi connectivity index (χ4v) is 1.30. The minimum atomic E-state index is 0.343. The Morgan fingerprint density at radius 3 is 2.88 bits per heavy atom. The number of anilines is 1. The molecule has 0 unspecified atom stereocenters. The number of alkyl halides is 1. The van der Waals surface area contributed by atoms with Crippen LogP contribution < -0.4 is 5.32 Å². The minimum absolute atomic E-state index is 0.343. The van der Waals surface area contributed by atoms with E-state index in [1.54, 1.807) is 6.20 Å². The second kappa shape index (κ2) is 4.98. The SMILES string of the molecule is Cc1cnc(CNc2nnc(CCCl)o2)o1. The summed E-state index contributed by atoms with van der Waals surface area (Å²) in [7, 11) is 0. The van der Waals surface area contributed by atoms with Crippen LogP contribution in [-0.4, -0.2) is 21.1 Å². The van der Waals surface area contributed by atoms with Gasteiger partial charge < -0.3 is 14.2 Å². The van der Waals surface area contributed by atoms with E-state index >= 15 is 0 Å². The second-order valence-corrected chi connectivity index (χ2v) is 3.54. The molecule has 0 aliphatic heterocycles. The van der Waals surface area contributed by atoms with E-state index in [1.807, 2.05) is 6.92 Å². The van der Waals surface area contributed by atoms with Crippen LogP contribution in [-0.2, 0) is 13.0 Å². The summed E-state index contributed by atoms with van der Waals surface area (Å²) >= 11 is 5.55. The summed E-state index contributed by atoms with van der Waals surface area (Å²) in [5.41, 5.74) is 0. The van der Waals surface area contributed by atoms with Crippen LogP contribution in [0.25, 0.3) is 0 Å². The van der Waals surface area contributed by atoms with Crippen LogP contribution in [0.2, 0.25) is 0 Å². The zero-order valence-electron chi connectivity index (χ0n) is 8.73. The Morgan fingerprint density at radius 2 is 2.19 bits per heavy atom. The van der Waals surface area contributed by atoms with Crippen LogP contribution in [0.5, 0.6) is 0 Å². The van der Waals surface area contributed by atoms with Gasteiger partial charge in [0.15, 0.2) is 0 Å². The average molecular weight is 243 g/mol. The number of aromatic nitrogens is 3. The van der Waals surface area contributed by atoms with Crippen LogP contribution in [0, 0.1) is 6.92 Å². The maximum absolute atomic E-state index is 5.55. The van der Waals surface area contributed by atoms with Crippen molar-refractivity contribution in [2.75, 3.05) is 11.2 Å². The Morgan fingerprint density at radius 1 is 1.31 bits per heavy atom. The number of nitrogens with zero attached hydrogens (tertiary/aromatic N) is 3. The molecule has 7 heteroatoms. The van der Waals surface area contributed by atoms with Gasteiger partial charge >= 0.3 is 6.01 Å². The molecule has 0 atom stereocenters. The molecule has 0 aliphatic carbocycles. The molecule has 2 aromatic heterocycles. The van der Waals surface area contributed by atoms with Gasteiger partial charge in [0.2, 0.25) is 11.8 Å². The van der Waals surface area contributed by atoms with Crippen molar-refractivity contribution < 1.29 is 8.83 Å². The lowest BCUT2D eigenvalue weighted by Gasteiger charge is -1.95. The van der Waals surface area contributed by atoms with Crippen molar-refractivity contribution >= 4 is 17.6 Å². The number of nitrogens with one attached hydrogen (secondary N) is 1. The third kappa shape index (κ3) is 2.73. The van der Waals surface area contributed by atoms with Crippen LogP contribution in [0.3, 0.4) is 0 Å². The lowest BCUT2D eigenvalue weighted by Crippen LogP contribution is -1.99. The van der Waals surface area contributed by atoms with Crippen LogP contribution >= 0.6 is 11.6 Å². The van der Waals surface area contributed by atoms with E-state index in [0.717, 1.165) is 5.76 Å². The van der Waals surface area contributed by atoms with Crippen molar-refractivity contribution in [1.29, 1.82) is 0 Å². The van der Waals surface area contributed by atoms with Gasteiger partial charge in [-0.25, -0.2) is 4.98 Å². The van der Waals surface area contributed by atoms with Crippen LogP contribution in [0.1, 0.15) is 17.5 Å². The Labute approximate surface area is 97.0 Å². The molecule has 0 saturated heterocycles. The monoisotopic (exact) mass is 242 g/mol. The molecular weight excluding hydrogens is 232 g/mol. The first-order valence-corrected chi connectivity index (χ1v) is 5.35. The topological polar surface area (TPSA) is 77.0 Å². The van der Waals surface area contributed by atoms with Gasteiger partial charge in [-0.3, -0.25) is 0 Å². The molecule has 0 fully saturated rings. The van der Waals surface area contributed by atoms with Gasteiger partial charge in [-0.2, -0.15) is 0 Å². The van der Waals surface area contributed by atoms with E-state index < -0.39 is 0 Å². The maximum Gasteiger partial charge on any atom is 0.315 e. The van der Waals surface area contributed by atoms with E-state index in [9.17, 15) is 0 Å². The highest BCUT2D eigenvalue weighted by atomic mass is 35.5. The summed E-state index contributed by atoms with van der Waals surface area (Å²) in [6.07, 6.45) is 2.22. The molecule has 16 heavy (non-hydrogen) atoms. The van der Waals surface area contributed by atoms with Crippen molar-refractivity contribution in [3.05, 3.63) is 23.7 Å². The largest absolute Gasteiger partial charge is 0.444 e. The smallest absolute Gasteiger partial charge is 0.315 e. The molecule has 0 amide bonds. The number of oxazole rings is 1. The van der Waals surface area contributed by atoms with Crippen molar-refractivity contribution in [3.63, 3.8) is 0 Å². The van der Waals surface area contributed by atoms with Crippen LogP contribution in [0.15, 0.2) is 15.0 Å². The first-order chi connectivity index (χ1) is 7.78. The number of rotatable bonds is 5. The fraction of sp³-hybridized carbons (Fsp3) is 0.444. The Balaban J connectivity index is 1.89. The van der Waals surface area contributed by atoms with Gasteiger partial charge in [0, 0.05) is 12.3 Å². The standard InChI is InChI=1S/C9H11ClN4O2/c1-6-4-11-8(15-6)5-12-9-14-13-7(16-9)2-3-10/h4H,2-3,5H2,1H3,(H,12,14). The van der Waals surface area contributed by atoms with Gasteiger partial charge in [-0.15, -0.1) is 16.7 Å². The quantitative estimate of drug-likeness (QED) is 0.805. The summed E-state index contributed by atoms with van der Waals surface area (Å²) in [6, 6.07) is 0.343. The van der Waals surface area contributed by atoms with E-state index in [2.05, 4.69) is 20.5 Å². The molecule has 0 bridgehead atoms. The van der Waals surface area contributed by atoms with Crippen molar-refractivity contribution in [2.45, 2.75) is 19.9 Å². The summed E-state index contributed by atoms with van der Waals surface area (Å²) < 4.78 is 10.5. The molecule has 2 aromatic rings. The lowest BCUT2D eigenvalue weighted by molar-refractivity contribution is 0.470. The summed E-state index contributed by atoms with van der Waals surface area (Å²) in [5.74, 6) is 2.32.